The molecule has 0 aliphatic carbocycles. The highest BCUT2D eigenvalue weighted by molar-refractivity contribution is 6.01. The molecule has 10 aromatic rings. The lowest BCUT2D eigenvalue weighted by Crippen LogP contribution is -2.11. The van der Waals surface area contributed by atoms with Gasteiger partial charge in [-0.3, -0.25) is 0 Å². The first-order valence-corrected chi connectivity index (χ1v) is 19.0. The van der Waals surface area contributed by atoms with E-state index in [4.69, 9.17) is 9.40 Å². The number of anilines is 3. The van der Waals surface area contributed by atoms with Crippen LogP contribution in [0.3, 0.4) is 0 Å². The molecule has 264 valence electrons. The Hall–Kier alpha value is -7.49. The van der Waals surface area contributed by atoms with Gasteiger partial charge < -0.3 is 9.32 Å². The summed E-state index contributed by atoms with van der Waals surface area (Å²) in [7, 11) is 0. The predicted molar refractivity (Wildman–Crippen MR) is 233 cm³/mol. The van der Waals surface area contributed by atoms with E-state index in [0.29, 0.717) is 5.89 Å². The van der Waals surface area contributed by atoms with Crippen molar-refractivity contribution in [3.8, 4) is 56.0 Å². The van der Waals surface area contributed by atoms with Crippen molar-refractivity contribution in [3.05, 3.63) is 218 Å². The molecule has 0 bridgehead atoms. The van der Waals surface area contributed by atoms with Gasteiger partial charge in [0.15, 0.2) is 5.58 Å². The molecule has 0 N–H and O–H groups in total. The minimum Gasteiger partial charge on any atom is -0.435 e. The van der Waals surface area contributed by atoms with Crippen LogP contribution in [0.1, 0.15) is 0 Å². The molecule has 0 aliphatic heterocycles. The first kappa shape index (κ1) is 33.1. The summed E-state index contributed by atoms with van der Waals surface area (Å²) < 4.78 is 6.63. The van der Waals surface area contributed by atoms with E-state index in [1.54, 1.807) is 0 Å². The highest BCUT2D eigenvalue weighted by Crippen LogP contribution is 2.43. The van der Waals surface area contributed by atoms with E-state index in [-0.39, 0.29) is 0 Å². The molecule has 0 spiro atoms. The van der Waals surface area contributed by atoms with Crippen LogP contribution in [0, 0.1) is 0 Å². The lowest BCUT2D eigenvalue weighted by Gasteiger charge is -2.28. The fourth-order valence-corrected chi connectivity index (χ4v) is 7.71. The van der Waals surface area contributed by atoms with Gasteiger partial charge in [-0.25, -0.2) is 4.98 Å². The zero-order valence-corrected chi connectivity index (χ0v) is 30.6. The Morgan fingerprint density at radius 1 is 0.339 bits per heavy atom. The molecule has 0 unspecified atom stereocenters. The molecule has 1 heterocycles. The monoisotopic (exact) mass is 716 g/mol. The van der Waals surface area contributed by atoms with Gasteiger partial charge in [0.25, 0.3) is 0 Å². The third-order valence-electron chi connectivity index (χ3n) is 10.5. The summed E-state index contributed by atoms with van der Waals surface area (Å²) in [5.74, 6) is 0.609. The molecule has 3 nitrogen and oxygen atoms in total. The maximum absolute atomic E-state index is 6.63. The minimum atomic E-state index is 0.609. The Bertz CT molecular complexity index is 2930. The van der Waals surface area contributed by atoms with E-state index in [9.17, 15) is 0 Å². The molecule has 10 rings (SSSR count). The van der Waals surface area contributed by atoms with Crippen molar-refractivity contribution in [3.63, 3.8) is 0 Å². The third-order valence-corrected chi connectivity index (χ3v) is 10.5. The molecule has 0 atom stereocenters. The van der Waals surface area contributed by atoms with Gasteiger partial charge in [0, 0.05) is 33.6 Å². The lowest BCUT2D eigenvalue weighted by atomic mass is 9.97. The number of hydrogen-bond acceptors (Lipinski definition) is 3. The van der Waals surface area contributed by atoms with Gasteiger partial charge in [0.2, 0.25) is 5.89 Å². The van der Waals surface area contributed by atoms with Crippen molar-refractivity contribution in [1.82, 2.24) is 4.98 Å². The predicted octanol–water partition coefficient (Wildman–Crippen LogP) is 14.8. The van der Waals surface area contributed by atoms with Gasteiger partial charge in [-0.2, -0.15) is 0 Å². The van der Waals surface area contributed by atoms with E-state index >= 15 is 0 Å². The molecular weight excluding hydrogens is 681 g/mol. The topological polar surface area (TPSA) is 29.3 Å². The van der Waals surface area contributed by atoms with E-state index < -0.39 is 0 Å². The summed E-state index contributed by atoms with van der Waals surface area (Å²) in [5.41, 5.74) is 14.7. The number of oxazole rings is 1. The normalized spacial score (nSPS) is 11.2. The molecule has 0 saturated carbocycles. The van der Waals surface area contributed by atoms with Gasteiger partial charge in [-0.1, -0.05) is 164 Å². The van der Waals surface area contributed by atoms with Crippen LogP contribution in [0.4, 0.5) is 17.1 Å². The third kappa shape index (κ3) is 6.21. The maximum Gasteiger partial charge on any atom is 0.227 e. The van der Waals surface area contributed by atoms with Crippen molar-refractivity contribution in [2.45, 2.75) is 0 Å². The van der Waals surface area contributed by atoms with Gasteiger partial charge >= 0.3 is 0 Å². The molecule has 0 amide bonds. The Morgan fingerprint density at radius 2 is 0.839 bits per heavy atom. The second kappa shape index (κ2) is 14.4. The van der Waals surface area contributed by atoms with Gasteiger partial charge in [0.05, 0.1) is 5.69 Å². The summed E-state index contributed by atoms with van der Waals surface area (Å²) >= 11 is 0. The van der Waals surface area contributed by atoms with Gasteiger partial charge in [-0.05, 0) is 93.2 Å². The first-order chi connectivity index (χ1) is 27.8. The van der Waals surface area contributed by atoms with Crippen LogP contribution in [0.15, 0.2) is 223 Å². The smallest absolute Gasteiger partial charge is 0.227 e. The molecule has 9 aromatic carbocycles. The van der Waals surface area contributed by atoms with Crippen molar-refractivity contribution in [2.24, 2.45) is 0 Å². The molecule has 0 radical (unpaired) electrons. The largest absolute Gasteiger partial charge is 0.435 e. The maximum atomic E-state index is 6.63. The Morgan fingerprint density at radius 3 is 1.52 bits per heavy atom. The number of hydrogen-bond donors (Lipinski definition) is 0. The van der Waals surface area contributed by atoms with Crippen molar-refractivity contribution >= 4 is 38.9 Å². The fourth-order valence-electron chi connectivity index (χ4n) is 7.71. The Balaban J connectivity index is 1.08. The molecular formula is C53H36N2O. The molecule has 1 aromatic heterocycles. The Kier molecular flexibility index (Phi) is 8.51. The number of para-hydroxylation sites is 1. The van der Waals surface area contributed by atoms with Gasteiger partial charge in [0.1, 0.15) is 5.52 Å². The standard InChI is InChI=1S/C53H36N2O/c1-4-15-39(16-5-1)47-22-12-13-23-50(47)55(45-30-26-38(27-31-45)44-25-24-37-14-10-11-21-43(37)36-44)46-32-28-41(29-33-46)49-35-34-48(40-17-6-2-7-18-40)51-52(49)56-53(54-51)42-19-8-3-9-20-42/h1-36H. The molecule has 3 heteroatoms. The first-order valence-electron chi connectivity index (χ1n) is 19.0. The highest BCUT2D eigenvalue weighted by Gasteiger charge is 2.20. The average Bonchev–Trinajstić information content (AvgIpc) is 3.74. The number of benzene rings is 9. The highest BCUT2D eigenvalue weighted by atomic mass is 16.3. The van der Waals surface area contributed by atoms with E-state index in [1.165, 1.54) is 21.9 Å². The number of rotatable bonds is 8. The molecule has 56 heavy (non-hydrogen) atoms. The van der Waals surface area contributed by atoms with Crippen LogP contribution in [0.25, 0.3) is 77.8 Å². The summed E-state index contributed by atoms with van der Waals surface area (Å²) in [5, 5.41) is 2.48. The SMILES string of the molecule is c1ccc(-c2nc3c(-c4ccccc4)ccc(-c4ccc(N(c5ccc(-c6ccc7ccccc7c6)cc5)c5ccccc5-c5ccccc5)cc4)c3o2)cc1. The van der Waals surface area contributed by atoms with Crippen LogP contribution >= 0.6 is 0 Å². The lowest BCUT2D eigenvalue weighted by molar-refractivity contribution is 0.621. The van der Waals surface area contributed by atoms with Crippen molar-refractivity contribution in [2.75, 3.05) is 4.90 Å². The fraction of sp³-hybridized carbons (Fsp3) is 0. The molecule has 0 fully saturated rings. The summed E-state index contributed by atoms with van der Waals surface area (Å²) in [6, 6.07) is 77.0. The van der Waals surface area contributed by atoms with Crippen LogP contribution in [0.5, 0.6) is 0 Å². The second-order valence-corrected chi connectivity index (χ2v) is 14.0. The summed E-state index contributed by atoms with van der Waals surface area (Å²) in [4.78, 5) is 7.43. The van der Waals surface area contributed by atoms with E-state index in [2.05, 4.69) is 187 Å². The number of nitrogens with zero attached hydrogens (tertiary/aromatic N) is 2. The quantitative estimate of drug-likeness (QED) is 0.157. The van der Waals surface area contributed by atoms with Crippen LogP contribution < -0.4 is 4.90 Å². The van der Waals surface area contributed by atoms with E-state index in [1.807, 2.05) is 36.4 Å². The van der Waals surface area contributed by atoms with Gasteiger partial charge in [-0.15, -0.1) is 0 Å². The molecule has 0 aliphatic rings. The van der Waals surface area contributed by atoms with Crippen molar-refractivity contribution in [1.29, 1.82) is 0 Å². The number of fused-ring (bicyclic) bond motifs is 2. The van der Waals surface area contributed by atoms with Crippen LogP contribution in [0.2, 0.25) is 0 Å². The average molecular weight is 717 g/mol. The van der Waals surface area contributed by atoms with Crippen molar-refractivity contribution < 1.29 is 4.42 Å². The zero-order chi connectivity index (χ0) is 37.3. The minimum absolute atomic E-state index is 0.609. The molecule has 0 saturated heterocycles. The zero-order valence-electron chi connectivity index (χ0n) is 30.6. The van der Waals surface area contributed by atoms with E-state index in [0.717, 1.165) is 67.1 Å². The van der Waals surface area contributed by atoms with Crippen LogP contribution in [-0.2, 0) is 0 Å². The summed E-state index contributed by atoms with van der Waals surface area (Å²) in [6.45, 7) is 0. The second-order valence-electron chi connectivity index (χ2n) is 14.0. The van der Waals surface area contributed by atoms with Crippen LogP contribution in [-0.4, -0.2) is 4.98 Å². The Labute approximate surface area is 326 Å². The number of aromatic nitrogens is 1. The summed E-state index contributed by atoms with van der Waals surface area (Å²) in [6.07, 6.45) is 0.